The second-order valence-corrected chi connectivity index (χ2v) is 6.78. The van der Waals surface area contributed by atoms with Gasteiger partial charge in [0.05, 0.1) is 0 Å². The van der Waals surface area contributed by atoms with Gasteiger partial charge in [-0.25, -0.2) is 0 Å². The van der Waals surface area contributed by atoms with E-state index in [9.17, 15) is 4.79 Å². The summed E-state index contributed by atoms with van der Waals surface area (Å²) in [5.41, 5.74) is 1.21. The average molecular weight is 389 g/mol. The first kappa shape index (κ1) is 16.8. The molecule has 126 valence electrons. The second kappa shape index (κ2) is 7.71. The molecule has 3 rings (SSSR count). The lowest BCUT2D eigenvalue weighted by molar-refractivity contribution is -0.138. The highest BCUT2D eigenvalue weighted by Crippen LogP contribution is 2.19. The zero-order chi connectivity index (χ0) is 16.9. The quantitative estimate of drug-likeness (QED) is 0.802. The molecule has 1 saturated heterocycles. The summed E-state index contributed by atoms with van der Waals surface area (Å²) in [6.07, 6.45) is -0.477. The van der Waals surface area contributed by atoms with Crippen LogP contribution in [0, 0.1) is 0 Å². The van der Waals surface area contributed by atoms with Gasteiger partial charge in [0.2, 0.25) is 0 Å². The minimum absolute atomic E-state index is 0.0469. The largest absolute Gasteiger partial charge is 0.481 e. The maximum absolute atomic E-state index is 12.6. The summed E-state index contributed by atoms with van der Waals surface area (Å²) in [5, 5.41) is 0. The van der Waals surface area contributed by atoms with E-state index < -0.39 is 6.10 Å². The molecule has 1 atom stereocenters. The maximum atomic E-state index is 12.6. The number of hydrogen-bond acceptors (Lipinski definition) is 3. The van der Waals surface area contributed by atoms with Crippen molar-refractivity contribution in [3.05, 3.63) is 59.1 Å². The van der Waals surface area contributed by atoms with Crippen LogP contribution in [0.4, 0.5) is 5.69 Å². The monoisotopic (exact) mass is 388 g/mol. The number of piperazine rings is 1. The average Bonchev–Trinajstić information content (AvgIpc) is 2.64. The maximum Gasteiger partial charge on any atom is 0.263 e. The van der Waals surface area contributed by atoms with Gasteiger partial charge < -0.3 is 14.5 Å². The van der Waals surface area contributed by atoms with Crippen LogP contribution in [-0.2, 0) is 4.79 Å². The number of hydrogen-bond donors (Lipinski definition) is 0. The fraction of sp³-hybridized carbons (Fsp3) is 0.316. The van der Waals surface area contributed by atoms with E-state index in [-0.39, 0.29) is 5.91 Å². The summed E-state index contributed by atoms with van der Waals surface area (Å²) >= 11 is 3.39. The van der Waals surface area contributed by atoms with Crippen LogP contribution in [0.25, 0.3) is 0 Å². The third-order valence-electron chi connectivity index (χ3n) is 4.19. The Bertz CT molecular complexity index is 668. The standard InChI is InChI=1S/C19H21BrN2O2/c1-15(24-18-9-7-16(20)8-10-18)19(23)22-13-11-21(12-14-22)17-5-3-2-4-6-17/h2-10,15H,11-14H2,1H3/t15-/m0/s1. The van der Waals surface area contributed by atoms with Crippen LogP contribution in [0.1, 0.15) is 6.92 Å². The van der Waals surface area contributed by atoms with Gasteiger partial charge in [-0.1, -0.05) is 34.1 Å². The van der Waals surface area contributed by atoms with Crippen molar-refractivity contribution < 1.29 is 9.53 Å². The summed E-state index contributed by atoms with van der Waals surface area (Å²) in [5.74, 6) is 0.757. The Morgan fingerprint density at radius 1 is 1.00 bits per heavy atom. The van der Waals surface area contributed by atoms with Crippen molar-refractivity contribution in [2.24, 2.45) is 0 Å². The van der Waals surface area contributed by atoms with Gasteiger partial charge in [0.1, 0.15) is 5.75 Å². The molecule has 0 radical (unpaired) electrons. The van der Waals surface area contributed by atoms with E-state index in [4.69, 9.17) is 4.74 Å². The Morgan fingerprint density at radius 2 is 1.62 bits per heavy atom. The van der Waals surface area contributed by atoms with Gasteiger partial charge in [0.25, 0.3) is 5.91 Å². The first-order valence-electron chi connectivity index (χ1n) is 8.14. The van der Waals surface area contributed by atoms with E-state index in [1.165, 1.54) is 5.69 Å². The minimum atomic E-state index is -0.477. The van der Waals surface area contributed by atoms with Gasteiger partial charge in [-0.3, -0.25) is 4.79 Å². The lowest BCUT2D eigenvalue weighted by Crippen LogP contribution is -2.52. The number of ether oxygens (including phenoxy) is 1. The van der Waals surface area contributed by atoms with Crippen LogP contribution in [0.15, 0.2) is 59.1 Å². The predicted octanol–water partition coefficient (Wildman–Crippen LogP) is 3.57. The summed E-state index contributed by atoms with van der Waals surface area (Å²) in [6.45, 7) is 4.96. The zero-order valence-electron chi connectivity index (χ0n) is 13.7. The van der Waals surface area contributed by atoms with E-state index in [1.807, 2.05) is 54.3 Å². The number of halogens is 1. The van der Waals surface area contributed by atoms with E-state index in [0.29, 0.717) is 5.75 Å². The molecule has 1 amide bonds. The van der Waals surface area contributed by atoms with Crippen molar-refractivity contribution in [2.45, 2.75) is 13.0 Å². The van der Waals surface area contributed by atoms with Crippen molar-refractivity contribution in [1.82, 2.24) is 4.90 Å². The van der Waals surface area contributed by atoms with Crippen molar-refractivity contribution in [3.63, 3.8) is 0 Å². The fourth-order valence-corrected chi connectivity index (χ4v) is 3.11. The van der Waals surface area contributed by atoms with Gasteiger partial charge in [0, 0.05) is 36.3 Å². The SMILES string of the molecule is C[C@H](Oc1ccc(Br)cc1)C(=O)N1CCN(c2ccccc2)CC1. The number of para-hydroxylation sites is 1. The molecule has 0 N–H and O–H groups in total. The second-order valence-electron chi connectivity index (χ2n) is 5.86. The Morgan fingerprint density at radius 3 is 2.25 bits per heavy atom. The molecule has 1 heterocycles. The Balaban J connectivity index is 1.53. The molecule has 5 heteroatoms. The molecule has 1 fully saturated rings. The molecule has 0 aliphatic carbocycles. The van der Waals surface area contributed by atoms with Gasteiger partial charge in [-0.2, -0.15) is 0 Å². The van der Waals surface area contributed by atoms with Gasteiger partial charge in [-0.15, -0.1) is 0 Å². The van der Waals surface area contributed by atoms with E-state index in [0.717, 1.165) is 30.7 Å². The van der Waals surface area contributed by atoms with E-state index >= 15 is 0 Å². The van der Waals surface area contributed by atoms with Crippen LogP contribution >= 0.6 is 15.9 Å². The van der Waals surface area contributed by atoms with Crippen molar-refractivity contribution in [3.8, 4) is 5.75 Å². The van der Waals surface area contributed by atoms with Crippen LogP contribution in [0.5, 0.6) is 5.75 Å². The smallest absolute Gasteiger partial charge is 0.263 e. The topological polar surface area (TPSA) is 32.8 Å². The molecule has 0 aromatic heterocycles. The normalized spacial score (nSPS) is 15.9. The molecular weight excluding hydrogens is 368 g/mol. The number of nitrogens with zero attached hydrogens (tertiary/aromatic N) is 2. The molecule has 2 aromatic rings. The molecule has 1 aliphatic heterocycles. The third kappa shape index (κ3) is 4.09. The number of benzene rings is 2. The molecule has 1 aliphatic rings. The molecule has 0 unspecified atom stereocenters. The van der Waals surface area contributed by atoms with Gasteiger partial charge in [0.15, 0.2) is 6.10 Å². The molecule has 24 heavy (non-hydrogen) atoms. The molecule has 0 saturated carbocycles. The molecular formula is C19H21BrN2O2. The first-order chi connectivity index (χ1) is 11.6. The molecule has 4 nitrogen and oxygen atoms in total. The van der Waals surface area contributed by atoms with Gasteiger partial charge >= 0.3 is 0 Å². The minimum Gasteiger partial charge on any atom is -0.481 e. The third-order valence-corrected chi connectivity index (χ3v) is 4.72. The van der Waals surface area contributed by atoms with Crippen LogP contribution in [0.3, 0.4) is 0 Å². The summed E-state index contributed by atoms with van der Waals surface area (Å²) in [6, 6.07) is 17.9. The molecule has 2 aromatic carbocycles. The summed E-state index contributed by atoms with van der Waals surface area (Å²) < 4.78 is 6.76. The summed E-state index contributed by atoms with van der Waals surface area (Å²) in [7, 11) is 0. The molecule has 0 bridgehead atoms. The number of rotatable bonds is 4. The Kier molecular flexibility index (Phi) is 5.41. The fourth-order valence-electron chi connectivity index (χ4n) is 2.85. The Labute approximate surface area is 151 Å². The number of amides is 1. The molecule has 0 spiro atoms. The highest BCUT2D eigenvalue weighted by molar-refractivity contribution is 9.10. The van der Waals surface area contributed by atoms with Crippen molar-refractivity contribution in [2.75, 3.05) is 31.1 Å². The predicted molar refractivity (Wildman–Crippen MR) is 99.5 cm³/mol. The Hall–Kier alpha value is -2.01. The summed E-state index contributed by atoms with van der Waals surface area (Å²) in [4.78, 5) is 16.8. The van der Waals surface area contributed by atoms with Gasteiger partial charge in [-0.05, 0) is 43.3 Å². The van der Waals surface area contributed by atoms with Crippen molar-refractivity contribution >= 4 is 27.5 Å². The van der Waals surface area contributed by atoms with Crippen LogP contribution in [0.2, 0.25) is 0 Å². The number of carbonyl (C=O) groups excluding carboxylic acids is 1. The lowest BCUT2D eigenvalue weighted by Gasteiger charge is -2.37. The number of carbonyl (C=O) groups is 1. The lowest BCUT2D eigenvalue weighted by atomic mass is 10.2. The van der Waals surface area contributed by atoms with E-state index in [2.05, 4.69) is 33.0 Å². The first-order valence-corrected chi connectivity index (χ1v) is 8.94. The zero-order valence-corrected chi connectivity index (χ0v) is 15.3. The highest BCUT2D eigenvalue weighted by Gasteiger charge is 2.26. The van der Waals surface area contributed by atoms with Crippen molar-refractivity contribution in [1.29, 1.82) is 0 Å². The van der Waals surface area contributed by atoms with Crippen LogP contribution in [-0.4, -0.2) is 43.1 Å². The number of anilines is 1. The highest BCUT2D eigenvalue weighted by atomic mass is 79.9. The van der Waals surface area contributed by atoms with E-state index in [1.54, 1.807) is 0 Å². The van der Waals surface area contributed by atoms with Crippen LogP contribution < -0.4 is 9.64 Å².